The van der Waals surface area contributed by atoms with Gasteiger partial charge in [0.25, 0.3) is 0 Å². The molecule has 1 aromatic rings. The van der Waals surface area contributed by atoms with Gasteiger partial charge in [-0.15, -0.1) is 18.2 Å². The van der Waals surface area contributed by atoms with Crippen LogP contribution in [0.1, 0.15) is 12.5 Å². The molecular weight excluding hydrogens is 244 g/mol. The molecule has 0 bridgehead atoms. The zero-order valence-corrected chi connectivity index (χ0v) is 11.3. The fourth-order valence-electron chi connectivity index (χ4n) is 1.48. The van der Waals surface area contributed by atoms with E-state index in [9.17, 15) is 4.79 Å². The molecule has 4 heteroatoms. The number of rotatable bonds is 7. The van der Waals surface area contributed by atoms with Gasteiger partial charge in [-0.05, 0) is 11.6 Å². The number of hydrogen-bond donors (Lipinski definition) is 2. The van der Waals surface area contributed by atoms with Gasteiger partial charge in [-0.25, -0.2) is 0 Å². The number of carbonyl (C=O) groups excluding carboxylic acids is 1. The second-order valence-electron chi connectivity index (χ2n) is 3.77. The van der Waals surface area contributed by atoms with E-state index in [4.69, 9.17) is 6.42 Å². The van der Waals surface area contributed by atoms with Crippen molar-refractivity contribution in [1.82, 2.24) is 5.32 Å². The van der Waals surface area contributed by atoms with Gasteiger partial charge in [-0.1, -0.05) is 24.1 Å². The number of nitrogens with one attached hydrogen (secondary N) is 2. The average Bonchev–Trinajstić information content (AvgIpc) is 2.35. The summed E-state index contributed by atoms with van der Waals surface area (Å²) in [5.41, 5.74) is 1.96. The number of thioether (sulfide) groups is 1. The van der Waals surface area contributed by atoms with Crippen LogP contribution in [0.2, 0.25) is 0 Å². The van der Waals surface area contributed by atoms with Gasteiger partial charge in [0.15, 0.2) is 0 Å². The minimum atomic E-state index is -0.0491. The van der Waals surface area contributed by atoms with Crippen LogP contribution in [-0.2, 0) is 11.3 Å². The van der Waals surface area contributed by atoms with Crippen molar-refractivity contribution in [3.63, 3.8) is 0 Å². The van der Waals surface area contributed by atoms with Crippen molar-refractivity contribution in [2.75, 3.05) is 23.4 Å². The van der Waals surface area contributed by atoms with E-state index in [-0.39, 0.29) is 5.91 Å². The molecule has 0 unspecified atom stereocenters. The predicted molar refractivity (Wildman–Crippen MR) is 78.6 cm³/mol. The van der Waals surface area contributed by atoms with E-state index in [1.165, 1.54) is 6.92 Å². The van der Waals surface area contributed by atoms with Crippen molar-refractivity contribution < 1.29 is 4.79 Å². The summed E-state index contributed by atoms with van der Waals surface area (Å²) in [6, 6.07) is 7.80. The molecule has 0 aliphatic heterocycles. The third-order valence-electron chi connectivity index (χ3n) is 2.25. The molecule has 1 amide bonds. The highest BCUT2D eigenvalue weighted by Gasteiger charge is 2.02. The molecule has 18 heavy (non-hydrogen) atoms. The smallest absolute Gasteiger partial charge is 0.221 e. The zero-order chi connectivity index (χ0) is 13.2. The van der Waals surface area contributed by atoms with E-state index in [0.29, 0.717) is 0 Å². The summed E-state index contributed by atoms with van der Waals surface area (Å²) in [5, 5.41) is 6.16. The summed E-state index contributed by atoms with van der Waals surface area (Å²) in [6.07, 6.45) is 5.17. The Morgan fingerprint density at radius 1 is 1.44 bits per heavy atom. The quantitative estimate of drug-likeness (QED) is 0.584. The highest BCUT2D eigenvalue weighted by molar-refractivity contribution is 7.99. The second-order valence-corrected chi connectivity index (χ2v) is 4.88. The van der Waals surface area contributed by atoms with Crippen molar-refractivity contribution in [3.8, 4) is 12.3 Å². The maximum absolute atomic E-state index is 11.1. The van der Waals surface area contributed by atoms with Gasteiger partial charge >= 0.3 is 0 Å². The maximum Gasteiger partial charge on any atom is 0.221 e. The highest BCUT2D eigenvalue weighted by Crippen LogP contribution is 2.14. The van der Waals surface area contributed by atoms with Crippen LogP contribution in [-0.4, -0.2) is 24.0 Å². The van der Waals surface area contributed by atoms with Gasteiger partial charge in [-0.3, -0.25) is 4.79 Å². The van der Waals surface area contributed by atoms with Crippen LogP contribution >= 0.6 is 11.8 Å². The van der Waals surface area contributed by atoms with Gasteiger partial charge < -0.3 is 10.6 Å². The normalized spacial score (nSPS) is 9.78. The van der Waals surface area contributed by atoms with Crippen LogP contribution in [0.5, 0.6) is 0 Å². The molecule has 0 radical (unpaired) electrons. The lowest BCUT2D eigenvalue weighted by Crippen LogP contribution is -2.18. The monoisotopic (exact) mass is 262 g/mol. The molecule has 1 rings (SSSR count). The molecule has 1 aromatic carbocycles. The van der Waals surface area contributed by atoms with E-state index >= 15 is 0 Å². The summed E-state index contributed by atoms with van der Waals surface area (Å²) in [7, 11) is 0. The molecule has 2 N–H and O–H groups in total. The topological polar surface area (TPSA) is 41.1 Å². The highest BCUT2D eigenvalue weighted by atomic mass is 32.2. The molecule has 0 atom stereocenters. The van der Waals surface area contributed by atoms with Crippen molar-refractivity contribution >= 4 is 23.4 Å². The van der Waals surface area contributed by atoms with Gasteiger partial charge in [0.1, 0.15) is 0 Å². The van der Waals surface area contributed by atoms with Crippen LogP contribution in [0.3, 0.4) is 0 Å². The van der Waals surface area contributed by atoms with Gasteiger partial charge in [0, 0.05) is 31.5 Å². The lowest BCUT2D eigenvalue weighted by atomic mass is 10.1. The fraction of sp³-hybridized carbons (Fsp3) is 0.357. The predicted octanol–water partition coefficient (Wildman–Crippen LogP) is 2.10. The Kier molecular flexibility index (Phi) is 7.00. The average molecular weight is 262 g/mol. The third-order valence-corrected chi connectivity index (χ3v) is 3.12. The zero-order valence-electron chi connectivity index (χ0n) is 10.5. The Morgan fingerprint density at radius 3 is 2.94 bits per heavy atom. The Balaban J connectivity index is 2.37. The number of hydrogen-bond acceptors (Lipinski definition) is 3. The number of para-hydroxylation sites is 1. The summed E-state index contributed by atoms with van der Waals surface area (Å²) < 4.78 is 0. The lowest BCUT2D eigenvalue weighted by Gasteiger charge is -2.10. The molecule has 0 saturated heterocycles. The number of terminal acetylenes is 1. The van der Waals surface area contributed by atoms with Crippen molar-refractivity contribution in [2.45, 2.75) is 13.5 Å². The third kappa shape index (κ3) is 5.76. The Bertz CT molecular complexity index is 426. The molecule has 0 heterocycles. The first kappa shape index (κ1) is 14.6. The number of carbonyl (C=O) groups is 1. The molecule has 0 aromatic heterocycles. The minimum Gasteiger partial charge on any atom is -0.326 e. The molecular formula is C14H18N2OS. The Morgan fingerprint density at radius 2 is 2.22 bits per heavy atom. The van der Waals surface area contributed by atoms with E-state index < -0.39 is 0 Å². The fourth-order valence-corrected chi connectivity index (χ4v) is 2.04. The first-order valence-electron chi connectivity index (χ1n) is 5.81. The second kappa shape index (κ2) is 8.62. The van der Waals surface area contributed by atoms with Gasteiger partial charge in [-0.2, -0.15) is 0 Å². The SMILES string of the molecule is C#CCSCCNCc1ccccc1NC(C)=O. The number of amides is 1. The molecule has 0 fully saturated rings. The van der Waals surface area contributed by atoms with Gasteiger partial charge in [0.2, 0.25) is 5.91 Å². The molecule has 96 valence electrons. The minimum absolute atomic E-state index is 0.0491. The summed E-state index contributed by atoms with van der Waals surface area (Å²) >= 11 is 1.73. The Hall–Kier alpha value is -1.44. The summed E-state index contributed by atoms with van der Waals surface area (Å²) in [5.74, 6) is 4.29. The van der Waals surface area contributed by atoms with E-state index in [1.54, 1.807) is 11.8 Å². The van der Waals surface area contributed by atoms with Crippen LogP contribution in [0.15, 0.2) is 24.3 Å². The first-order chi connectivity index (χ1) is 8.74. The van der Waals surface area contributed by atoms with Crippen molar-refractivity contribution in [2.24, 2.45) is 0 Å². The van der Waals surface area contributed by atoms with Gasteiger partial charge in [0.05, 0.1) is 5.75 Å². The van der Waals surface area contributed by atoms with Crippen LogP contribution in [0.25, 0.3) is 0 Å². The maximum atomic E-state index is 11.1. The molecule has 3 nitrogen and oxygen atoms in total. The molecule has 0 spiro atoms. The summed E-state index contributed by atoms with van der Waals surface area (Å²) in [4.78, 5) is 11.1. The number of anilines is 1. The summed E-state index contributed by atoms with van der Waals surface area (Å²) in [6.45, 7) is 3.16. The largest absolute Gasteiger partial charge is 0.326 e. The van der Waals surface area contributed by atoms with Crippen LogP contribution in [0.4, 0.5) is 5.69 Å². The van der Waals surface area contributed by atoms with E-state index in [2.05, 4.69) is 16.6 Å². The number of benzene rings is 1. The lowest BCUT2D eigenvalue weighted by molar-refractivity contribution is -0.114. The van der Waals surface area contributed by atoms with Crippen molar-refractivity contribution in [3.05, 3.63) is 29.8 Å². The molecule has 0 aliphatic rings. The Labute approximate surface area is 113 Å². The molecule has 0 saturated carbocycles. The van der Waals surface area contributed by atoms with Crippen LogP contribution in [0, 0.1) is 12.3 Å². The standard InChI is InChI=1S/C14H18N2OS/c1-3-9-18-10-8-15-11-13-6-4-5-7-14(13)16-12(2)17/h1,4-7,15H,8-11H2,2H3,(H,16,17). The van der Waals surface area contributed by atoms with E-state index in [0.717, 1.165) is 35.8 Å². The van der Waals surface area contributed by atoms with E-state index in [1.807, 2.05) is 24.3 Å². The van der Waals surface area contributed by atoms with Crippen LogP contribution < -0.4 is 10.6 Å². The first-order valence-corrected chi connectivity index (χ1v) is 6.97. The van der Waals surface area contributed by atoms with Crippen molar-refractivity contribution in [1.29, 1.82) is 0 Å². The molecule has 0 aliphatic carbocycles.